The lowest BCUT2D eigenvalue weighted by atomic mass is 10.4. The molecule has 0 aliphatic rings. The van der Waals surface area contributed by atoms with Crippen LogP contribution in [-0.2, 0) is 0 Å². The third-order valence-corrected chi connectivity index (χ3v) is 2.24. The summed E-state index contributed by atoms with van der Waals surface area (Å²) >= 11 is 0. The van der Waals surface area contributed by atoms with E-state index in [9.17, 15) is 0 Å². The van der Waals surface area contributed by atoms with E-state index in [4.69, 9.17) is 0 Å². The average molecular weight is 190 g/mol. The molecule has 68 valence electrons. The number of hydrogen-bond acceptors (Lipinski definition) is 2. The second-order valence-electron chi connectivity index (χ2n) is 4.02. The SMILES string of the molecule is Cc1ncc(C#C[Si](C)(C)C)cn1. The molecule has 1 aromatic heterocycles. The first-order valence-electron chi connectivity index (χ1n) is 4.29. The van der Waals surface area contributed by atoms with Crippen molar-refractivity contribution in [3.05, 3.63) is 23.8 Å². The molecule has 0 aliphatic carbocycles. The van der Waals surface area contributed by atoms with Crippen LogP contribution in [0.1, 0.15) is 11.4 Å². The van der Waals surface area contributed by atoms with Crippen LogP contribution in [-0.4, -0.2) is 18.0 Å². The maximum absolute atomic E-state index is 4.08. The lowest BCUT2D eigenvalue weighted by molar-refractivity contribution is 1.05. The molecule has 1 rings (SSSR count). The van der Waals surface area contributed by atoms with Gasteiger partial charge in [0.05, 0.1) is 5.56 Å². The molecule has 13 heavy (non-hydrogen) atoms. The Morgan fingerprint density at radius 3 is 2.15 bits per heavy atom. The van der Waals surface area contributed by atoms with Crippen molar-refractivity contribution in [1.82, 2.24) is 9.97 Å². The summed E-state index contributed by atoms with van der Waals surface area (Å²) < 4.78 is 0. The summed E-state index contributed by atoms with van der Waals surface area (Å²) in [6.07, 6.45) is 3.55. The van der Waals surface area contributed by atoms with Gasteiger partial charge in [-0.1, -0.05) is 25.6 Å². The first-order valence-corrected chi connectivity index (χ1v) is 7.79. The van der Waals surface area contributed by atoms with Gasteiger partial charge in [-0.3, -0.25) is 0 Å². The smallest absolute Gasteiger partial charge is 0.129 e. The normalized spacial score (nSPS) is 10.5. The Kier molecular flexibility index (Phi) is 2.84. The molecule has 0 aromatic carbocycles. The fraction of sp³-hybridized carbons (Fsp3) is 0.400. The molecule has 1 heterocycles. The molecule has 0 bridgehead atoms. The Hall–Kier alpha value is -1.14. The van der Waals surface area contributed by atoms with Crippen LogP contribution < -0.4 is 0 Å². The Bertz CT molecular complexity index is 338. The van der Waals surface area contributed by atoms with Crippen LogP contribution in [0, 0.1) is 18.4 Å². The van der Waals surface area contributed by atoms with Gasteiger partial charge in [-0.05, 0) is 6.92 Å². The van der Waals surface area contributed by atoms with E-state index in [2.05, 4.69) is 41.1 Å². The van der Waals surface area contributed by atoms with Crippen LogP contribution in [0.15, 0.2) is 12.4 Å². The third-order valence-electron chi connectivity index (χ3n) is 1.36. The molecule has 0 unspecified atom stereocenters. The second kappa shape index (κ2) is 3.71. The Labute approximate surface area is 80.4 Å². The molecule has 0 spiro atoms. The van der Waals surface area contributed by atoms with Crippen LogP contribution in [0.2, 0.25) is 19.6 Å². The minimum atomic E-state index is -1.27. The lowest BCUT2D eigenvalue weighted by Gasteiger charge is -2.02. The molecule has 0 saturated heterocycles. The third kappa shape index (κ3) is 3.86. The van der Waals surface area contributed by atoms with Gasteiger partial charge in [0.15, 0.2) is 0 Å². The summed E-state index contributed by atoms with van der Waals surface area (Å²) in [7, 11) is -1.27. The maximum Gasteiger partial charge on any atom is 0.129 e. The summed E-state index contributed by atoms with van der Waals surface area (Å²) in [5.74, 6) is 3.89. The van der Waals surface area contributed by atoms with Gasteiger partial charge in [0, 0.05) is 12.4 Å². The topological polar surface area (TPSA) is 25.8 Å². The predicted octanol–water partition coefficient (Wildman–Crippen LogP) is 2.01. The molecule has 0 atom stereocenters. The van der Waals surface area contributed by atoms with Gasteiger partial charge >= 0.3 is 0 Å². The van der Waals surface area contributed by atoms with Crippen LogP contribution in [0.5, 0.6) is 0 Å². The van der Waals surface area contributed by atoms with E-state index < -0.39 is 8.07 Å². The highest BCUT2D eigenvalue weighted by atomic mass is 28.3. The van der Waals surface area contributed by atoms with Gasteiger partial charge in [0.2, 0.25) is 0 Å². The Morgan fingerprint density at radius 2 is 1.69 bits per heavy atom. The Balaban J connectivity index is 2.85. The maximum atomic E-state index is 4.08. The zero-order valence-electron chi connectivity index (χ0n) is 8.55. The highest BCUT2D eigenvalue weighted by Gasteiger charge is 2.07. The first kappa shape index (κ1) is 9.94. The van der Waals surface area contributed by atoms with Crippen LogP contribution in [0.3, 0.4) is 0 Å². The number of rotatable bonds is 0. The van der Waals surface area contributed by atoms with Crippen molar-refractivity contribution in [2.24, 2.45) is 0 Å². The second-order valence-corrected chi connectivity index (χ2v) is 8.77. The fourth-order valence-corrected chi connectivity index (χ4v) is 1.24. The molecule has 0 radical (unpaired) electrons. The predicted molar refractivity (Wildman–Crippen MR) is 57.0 cm³/mol. The molecule has 0 aliphatic heterocycles. The van der Waals surface area contributed by atoms with Crippen LogP contribution in [0.25, 0.3) is 0 Å². The molecule has 0 saturated carbocycles. The number of aromatic nitrogens is 2. The molecule has 0 amide bonds. The standard InChI is InChI=1S/C10H14N2Si/c1-9-11-7-10(8-12-9)5-6-13(2,3)4/h7-8H,1-4H3. The molecular weight excluding hydrogens is 176 g/mol. The molecule has 2 nitrogen and oxygen atoms in total. The highest BCUT2D eigenvalue weighted by Crippen LogP contribution is 1.98. The summed E-state index contributed by atoms with van der Waals surface area (Å²) in [6.45, 7) is 8.52. The molecule has 3 heteroatoms. The minimum Gasteiger partial charge on any atom is -0.240 e. The molecule has 1 aromatic rings. The van der Waals surface area contributed by atoms with Gasteiger partial charge in [-0.25, -0.2) is 9.97 Å². The molecule has 0 N–H and O–H groups in total. The molecule has 0 fully saturated rings. The van der Waals surface area contributed by atoms with E-state index in [1.54, 1.807) is 12.4 Å². The fourth-order valence-electron chi connectivity index (χ4n) is 0.717. The van der Waals surface area contributed by atoms with Crippen molar-refractivity contribution in [2.45, 2.75) is 26.6 Å². The van der Waals surface area contributed by atoms with Gasteiger partial charge < -0.3 is 0 Å². The van der Waals surface area contributed by atoms with E-state index in [1.165, 1.54) is 0 Å². The first-order chi connectivity index (χ1) is 5.97. The number of hydrogen-bond donors (Lipinski definition) is 0. The van der Waals surface area contributed by atoms with E-state index in [-0.39, 0.29) is 0 Å². The van der Waals surface area contributed by atoms with Crippen molar-refractivity contribution < 1.29 is 0 Å². The van der Waals surface area contributed by atoms with E-state index >= 15 is 0 Å². The summed E-state index contributed by atoms with van der Waals surface area (Å²) in [5.41, 5.74) is 4.18. The van der Waals surface area contributed by atoms with Gasteiger partial charge in [-0.2, -0.15) is 0 Å². The van der Waals surface area contributed by atoms with Gasteiger partial charge in [0.25, 0.3) is 0 Å². The summed E-state index contributed by atoms with van der Waals surface area (Å²) in [4.78, 5) is 8.16. The van der Waals surface area contributed by atoms with Gasteiger partial charge in [-0.15, -0.1) is 5.54 Å². The average Bonchev–Trinajstić information content (AvgIpc) is 2.02. The lowest BCUT2D eigenvalue weighted by Crippen LogP contribution is -2.16. The van der Waals surface area contributed by atoms with Crippen molar-refractivity contribution in [3.8, 4) is 11.5 Å². The Morgan fingerprint density at radius 1 is 1.15 bits per heavy atom. The zero-order chi connectivity index (χ0) is 9.90. The number of aryl methyl sites for hydroxylation is 1. The minimum absolute atomic E-state index is 0.790. The van der Waals surface area contributed by atoms with E-state index in [0.717, 1.165) is 11.4 Å². The van der Waals surface area contributed by atoms with Crippen molar-refractivity contribution >= 4 is 8.07 Å². The molecular formula is C10H14N2Si. The van der Waals surface area contributed by atoms with Crippen molar-refractivity contribution in [1.29, 1.82) is 0 Å². The summed E-state index contributed by atoms with van der Waals surface area (Å²) in [6, 6.07) is 0. The number of nitrogens with zero attached hydrogens (tertiary/aromatic N) is 2. The van der Waals surface area contributed by atoms with Crippen LogP contribution >= 0.6 is 0 Å². The van der Waals surface area contributed by atoms with Crippen LogP contribution in [0.4, 0.5) is 0 Å². The monoisotopic (exact) mass is 190 g/mol. The summed E-state index contributed by atoms with van der Waals surface area (Å²) in [5, 5.41) is 0. The quantitative estimate of drug-likeness (QED) is 0.462. The zero-order valence-corrected chi connectivity index (χ0v) is 9.55. The van der Waals surface area contributed by atoms with E-state index in [0.29, 0.717) is 0 Å². The highest BCUT2D eigenvalue weighted by molar-refractivity contribution is 6.83. The van der Waals surface area contributed by atoms with Gasteiger partial charge in [0.1, 0.15) is 13.9 Å². The van der Waals surface area contributed by atoms with Crippen molar-refractivity contribution in [3.63, 3.8) is 0 Å². The van der Waals surface area contributed by atoms with E-state index in [1.807, 2.05) is 6.92 Å². The largest absolute Gasteiger partial charge is 0.240 e. The van der Waals surface area contributed by atoms with Crippen molar-refractivity contribution in [2.75, 3.05) is 0 Å².